The zero-order valence-corrected chi connectivity index (χ0v) is 12.9. The minimum atomic E-state index is -0.551. The number of carbonyl (C=O) groups is 1. The predicted octanol–water partition coefficient (Wildman–Crippen LogP) is 2.44. The van der Waals surface area contributed by atoms with Gasteiger partial charge in [0.15, 0.2) is 0 Å². The summed E-state index contributed by atoms with van der Waals surface area (Å²) in [4.78, 5) is 16.4. The Morgan fingerprint density at radius 1 is 1.68 bits per heavy atom. The molecule has 5 nitrogen and oxygen atoms in total. The van der Waals surface area contributed by atoms with E-state index in [1.54, 1.807) is 25.4 Å². The molecule has 1 aliphatic rings. The van der Waals surface area contributed by atoms with Crippen LogP contribution in [0.1, 0.15) is 18.4 Å². The Labute approximate surface area is 134 Å². The number of esters is 1. The molecule has 1 aromatic heterocycles. The third-order valence-corrected chi connectivity index (χ3v) is 3.59. The molecular weight excluding hydrogens is 298 g/mol. The van der Waals surface area contributed by atoms with Gasteiger partial charge in [-0.1, -0.05) is 18.7 Å². The van der Waals surface area contributed by atoms with Gasteiger partial charge in [0.05, 0.1) is 28.2 Å². The largest absolute Gasteiger partial charge is 0.458 e. The van der Waals surface area contributed by atoms with Crippen LogP contribution in [0.2, 0.25) is 0 Å². The maximum absolute atomic E-state index is 12.4. The molecule has 0 unspecified atom stereocenters. The first kappa shape index (κ1) is 15.9. The first-order valence-corrected chi connectivity index (χ1v) is 7.03. The Balaban J connectivity index is 2.53. The van der Waals surface area contributed by atoms with Crippen LogP contribution in [0, 0.1) is 11.3 Å². The van der Waals surface area contributed by atoms with Crippen LogP contribution >= 0.6 is 12.6 Å². The fourth-order valence-electron chi connectivity index (χ4n) is 2.29. The van der Waals surface area contributed by atoms with Crippen molar-refractivity contribution in [2.75, 3.05) is 6.61 Å². The normalized spacial score (nSPS) is 17.6. The average molecular weight is 313 g/mol. The minimum absolute atomic E-state index is 0.106. The summed E-state index contributed by atoms with van der Waals surface area (Å²) in [6.07, 6.45) is 4.75. The topological polar surface area (TPSA) is 75.0 Å². The van der Waals surface area contributed by atoms with Gasteiger partial charge in [0.25, 0.3) is 0 Å². The van der Waals surface area contributed by atoms with Crippen LogP contribution in [0.4, 0.5) is 0 Å². The molecule has 1 aliphatic heterocycles. The van der Waals surface area contributed by atoms with E-state index in [1.165, 1.54) is 6.08 Å². The summed E-state index contributed by atoms with van der Waals surface area (Å²) in [5, 5.41) is 12.8. The number of pyridine rings is 1. The summed E-state index contributed by atoms with van der Waals surface area (Å²) in [7, 11) is 0. The van der Waals surface area contributed by atoms with E-state index in [0.29, 0.717) is 21.9 Å². The molecule has 0 amide bonds. The smallest absolute Gasteiger partial charge is 0.337 e. The fraction of sp³-hybridized carbons (Fsp3) is 0.188. The van der Waals surface area contributed by atoms with E-state index in [0.717, 1.165) is 5.56 Å². The van der Waals surface area contributed by atoms with Crippen molar-refractivity contribution in [3.05, 3.63) is 64.6 Å². The fourth-order valence-corrected chi connectivity index (χ4v) is 2.64. The van der Waals surface area contributed by atoms with E-state index in [1.807, 2.05) is 6.07 Å². The molecular formula is C16H15N3O2S. The summed E-state index contributed by atoms with van der Waals surface area (Å²) in [6, 6.07) is 5.69. The maximum Gasteiger partial charge on any atom is 0.337 e. The highest BCUT2D eigenvalue weighted by Gasteiger charge is 2.34. The van der Waals surface area contributed by atoms with Crippen molar-refractivity contribution in [3.63, 3.8) is 0 Å². The molecule has 0 fully saturated rings. The number of carbonyl (C=O) groups excluding carboxylic acids is 1. The summed E-state index contributed by atoms with van der Waals surface area (Å²) < 4.78 is 5.15. The Hall–Kier alpha value is -2.52. The first-order valence-electron chi connectivity index (χ1n) is 6.59. The Morgan fingerprint density at radius 2 is 2.45 bits per heavy atom. The number of nitriles is 1. The number of hydrogen-bond donors (Lipinski definition) is 2. The van der Waals surface area contributed by atoms with Gasteiger partial charge < -0.3 is 10.1 Å². The lowest BCUT2D eigenvalue weighted by Gasteiger charge is -2.27. The zero-order valence-electron chi connectivity index (χ0n) is 12.0. The lowest BCUT2D eigenvalue weighted by molar-refractivity contribution is -0.138. The minimum Gasteiger partial charge on any atom is -0.458 e. The quantitative estimate of drug-likeness (QED) is 0.507. The Morgan fingerprint density at radius 3 is 3.05 bits per heavy atom. The van der Waals surface area contributed by atoms with E-state index in [9.17, 15) is 10.1 Å². The number of allylic oxidation sites excluding steroid dienone is 2. The van der Waals surface area contributed by atoms with Gasteiger partial charge in [-0.3, -0.25) is 4.98 Å². The number of dihydropyridines is 1. The number of nitrogens with zero attached hydrogens (tertiary/aromatic N) is 2. The van der Waals surface area contributed by atoms with Crippen molar-refractivity contribution in [1.29, 1.82) is 5.26 Å². The Kier molecular flexibility index (Phi) is 5.02. The van der Waals surface area contributed by atoms with E-state index in [2.05, 4.69) is 35.6 Å². The van der Waals surface area contributed by atoms with Gasteiger partial charge in [-0.05, 0) is 18.6 Å². The SMILES string of the molecule is C=CCOC(=O)C1=C(C)NC(S)=C(C#N)[C@@H]1c1cccnc1. The zero-order chi connectivity index (χ0) is 16.1. The second-order valence-corrected chi connectivity index (χ2v) is 5.09. The number of ether oxygens (including phenoxy) is 1. The lowest BCUT2D eigenvalue weighted by Crippen LogP contribution is -2.28. The molecule has 112 valence electrons. The molecule has 2 rings (SSSR count). The highest BCUT2D eigenvalue weighted by Crippen LogP contribution is 2.38. The molecule has 0 spiro atoms. The molecule has 0 saturated carbocycles. The van der Waals surface area contributed by atoms with Gasteiger partial charge in [-0.25, -0.2) is 4.79 Å². The van der Waals surface area contributed by atoms with E-state index >= 15 is 0 Å². The van der Waals surface area contributed by atoms with Gasteiger partial charge in [-0.15, -0.1) is 12.6 Å². The van der Waals surface area contributed by atoms with Crippen molar-refractivity contribution in [1.82, 2.24) is 10.3 Å². The monoisotopic (exact) mass is 313 g/mol. The first-order chi connectivity index (χ1) is 10.6. The molecule has 1 aromatic rings. The molecule has 0 radical (unpaired) electrons. The number of aromatic nitrogens is 1. The lowest BCUT2D eigenvalue weighted by atomic mass is 9.83. The van der Waals surface area contributed by atoms with E-state index in [4.69, 9.17) is 4.74 Å². The van der Waals surface area contributed by atoms with Crippen LogP contribution in [0.15, 0.2) is 59.1 Å². The second kappa shape index (κ2) is 6.96. The third-order valence-electron chi connectivity index (χ3n) is 3.23. The molecule has 2 heterocycles. The van der Waals surface area contributed by atoms with Crippen molar-refractivity contribution in [3.8, 4) is 6.07 Å². The van der Waals surface area contributed by atoms with E-state index in [-0.39, 0.29) is 6.61 Å². The molecule has 1 N–H and O–H groups in total. The summed E-state index contributed by atoms with van der Waals surface area (Å²) in [5.74, 6) is -1.04. The van der Waals surface area contributed by atoms with Crippen molar-refractivity contribution < 1.29 is 9.53 Å². The second-order valence-electron chi connectivity index (χ2n) is 4.64. The number of hydrogen-bond acceptors (Lipinski definition) is 6. The Bertz CT molecular complexity index is 702. The van der Waals surface area contributed by atoms with Crippen LogP contribution in [-0.4, -0.2) is 17.6 Å². The van der Waals surface area contributed by atoms with Gasteiger partial charge in [0.1, 0.15) is 6.61 Å². The third kappa shape index (κ3) is 3.05. The number of rotatable bonds is 4. The van der Waals surface area contributed by atoms with Gasteiger partial charge >= 0.3 is 5.97 Å². The van der Waals surface area contributed by atoms with Crippen LogP contribution < -0.4 is 5.32 Å². The van der Waals surface area contributed by atoms with Gasteiger partial charge in [0.2, 0.25) is 0 Å². The predicted molar refractivity (Wildman–Crippen MR) is 85.6 cm³/mol. The highest BCUT2D eigenvalue weighted by molar-refractivity contribution is 7.84. The van der Waals surface area contributed by atoms with Crippen LogP contribution in [0.3, 0.4) is 0 Å². The van der Waals surface area contributed by atoms with Crippen LogP contribution in [-0.2, 0) is 9.53 Å². The summed E-state index contributed by atoms with van der Waals surface area (Å²) >= 11 is 4.31. The molecule has 1 atom stereocenters. The summed E-state index contributed by atoms with van der Waals surface area (Å²) in [6.45, 7) is 5.38. The standard InChI is InChI=1S/C16H15N3O2S/c1-3-7-21-16(20)13-10(2)19-15(22)12(8-17)14(13)11-5-4-6-18-9-11/h3-6,9,14,19,22H,1,7H2,2H3/t14-/m0/s1. The van der Waals surface area contributed by atoms with E-state index < -0.39 is 11.9 Å². The van der Waals surface area contributed by atoms with Crippen LogP contribution in [0.25, 0.3) is 0 Å². The molecule has 0 saturated heterocycles. The average Bonchev–Trinajstić information content (AvgIpc) is 2.52. The maximum atomic E-state index is 12.4. The number of nitrogens with one attached hydrogen (secondary N) is 1. The molecule has 0 aliphatic carbocycles. The highest BCUT2D eigenvalue weighted by atomic mass is 32.1. The van der Waals surface area contributed by atoms with Gasteiger partial charge in [0, 0.05) is 18.1 Å². The molecule has 0 bridgehead atoms. The van der Waals surface area contributed by atoms with Gasteiger partial charge in [-0.2, -0.15) is 5.26 Å². The van der Waals surface area contributed by atoms with Crippen molar-refractivity contribution in [2.45, 2.75) is 12.8 Å². The molecule has 0 aromatic carbocycles. The van der Waals surface area contributed by atoms with Crippen LogP contribution in [0.5, 0.6) is 0 Å². The summed E-state index contributed by atoms with van der Waals surface area (Å²) in [5.41, 5.74) is 2.07. The number of thiol groups is 1. The van der Waals surface area contributed by atoms with Crippen molar-refractivity contribution >= 4 is 18.6 Å². The van der Waals surface area contributed by atoms with Crippen molar-refractivity contribution in [2.24, 2.45) is 0 Å². The molecule has 6 heteroatoms. The molecule has 22 heavy (non-hydrogen) atoms.